The number of aryl methyl sites for hydroxylation is 1. The van der Waals surface area contributed by atoms with Crippen LogP contribution >= 0.6 is 0 Å². The smallest absolute Gasteiger partial charge is 0.145 e. The maximum atomic E-state index is 9.26. The molecule has 0 spiro atoms. The topological polar surface area (TPSA) is 45.0 Å². The van der Waals surface area contributed by atoms with E-state index in [0.29, 0.717) is 11.3 Å². The minimum Gasteiger partial charge on any atom is -0.456 e. The van der Waals surface area contributed by atoms with Gasteiger partial charge in [0.25, 0.3) is 0 Å². The molecule has 1 N–H and O–H groups in total. The number of nitriles is 1. The lowest BCUT2D eigenvalue weighted by Crippen LogP contribution is -2.05. The highest BCUT2D eigenvalue weighted by molar-refractivity contribution is 5.49. The lowest BCUT2D eigenvalue weighted by molar-refractivity contribution is 0.476. The van der Waals surface area contributed by atoms with E-state index in [1.165, 1.54) is 5.56 Å². The van der Waals surface area contributed by atoms with E-state index in [1.807, 2.05) is 57.3 Å². The van der Waals surface area contributed by atoms with Crippen molar-refractivity contribution in [2.24, 2.45) is 0 Å². The van der Waals surface area contributed by atoms with Crippen LogP contribution in [0.2, 0.25) is 0 Å². The molecule has 0 amide bonds. The molecule has 0 fully saturated rings. The molecule has 0 atom stereocenters. The highest BCUT2D eigenvalue weighted by Gasteiger charge is 2.08. The van der Waals surface area contributed by atoms with E-state index in [9.17, 15) is 5.26 Å². The van der Waals surface area contributed by atoms with Crippen LogP contribution in [0.1, 0.15) is 22.3 Å². The Morgan fingerprint density at radius 3 is 2.65 bits per heavy atom. The first-order valence-electron chi connectivity index (χ1n) is 6.57. The number of benzene rings is 2. The zero-order chi connectivity index (χ0) is 14.5. The zero-order valence-corrected chi connectivity index (χ0v) is 12.0. The van der Waals surface area contributed by atoms with Crippen LogP contribution in [-0.4, -0.2) is 7.05 Å². The van der Waals surface area contributed by atoms with E-state index < -0.39 is 0 Å². The van der Waals surface area contributed by atoms with Crippen LogP contribution in [-0.2, 0) is 6.54 Å². The first-order chi connectivity index (χ1) is 9.65. The number of ether oxygens (including phenoxy) is 1. The number of nitrogens with one attached hydrogen (secondary N) is 1. The second kappa shape index (κ2) is 6.23. The normalized spacial score (nSPS) is 10.1. The Labute approximate surface area is 119 Å². The van der Waals surface area contributed by atoms with Gasteiger partial charge in [0.1, 0.15) is 17.6 Å². The molecule has 3 nitrogen and oxygen atoms in total. The van der Waals surface area contributed by atoms with Crippen molar-refractivity contribution in [3.63, 3.8) is 0 Å². The summed E-state index contributed by atoms with van der Waals surface area (Å²) in [5, 5.41) is 12.3. The van der Waals surface area contributed by atoms with Crippen molar-refractivity contribution in [1.82, 2.24) is 5.32 Å². The standard InChI is InChI=1S/C17H18N2O/c1-12-5-4-6-16(13(12)2)20-17-8-7-14(11-19-3)9-15(17)10-18/h4-9,19H,11H2,1-3H3. The highest BCUT2D eigenvalue weighted by atomic mass is 16.5. The lowest BCUT2D eigenvalue weighted by Gasteiger charge is -2.12. The minimum atomic E-state index is 0.554. The summed E-state index contributed by atoms with van der Waals surface area (Å²) in [7, 11) is 1.88. The molecule has 3 heteroatoms. The molecule has 2 aromatic carbocycles. The maximum Gasteiger partial charge on any atom is 0.145 e. The summed E-state index contributed by atoms with van der Waals surface area (Å²) in [5.74, 6) is 1.39. The van der Waals surface area contributed by atoms with Gasteiger partial charge in [0.2, 0.25) is 0 Å². The summed E-state index contributed by atoms with van der Waals surface area (Å²) >= 11 is 0. The van der Waals surface area contributed by atoms with E-state index in [1.54, 1.807) is 0 Å². The van der Waals surface area contributed by atoms with Gasteiger partial charge in [-0.15, -0.1) is 0 Å². The summed E-state index contributed by atoms with van der Waals surface area (Å²) in [4.78, 5) is 0. The van der Waals surface area contributed by atoms with Gasteiger partial charge < -0.3 is 10.1 Å². The van der Waals surface area contributed by atoms with Crippen molar-refractivity contribution in [2.75, 3.05) is 7.05 Å². The molecule has 0 heterocycles. The molecule has 0 saturated carbocycles. The average Bonchev–Trinajstić information content (AvgIpc) is 2.45. The van der Waals surface area contributed by atoms with Crippen molar-refractivity contribution in [3.05, 3.63) is 58.7 Å². The third-order valence-electron chi connectivity index (χ3n) is 3.32. The largest absolute Gasteiger partial charge is 0.456 e. The Bertz CT molecular complexity index is 657. The summed E-state index contributed by atoms with van der Waals surface area (Å²) in [5.41, 5.74) is 3.89. The molecule has 0 aliphatic carbocycles. The molecule has 0 radical (unpaired) electrons. The van der Waals surface area contributed by atoms with Crippen LogP contribution in [0.15, 0.2) is 36.4 Å². The van der Waals surface area contributed by atoms with Gasteiger partial charge in [-0.05, 0) is 55.8 Å². The third kappa shape index (κ3) is 2.98. The van der Waals surface area contributed by atoms with E-state index in [2.05, 4.69) is 11.4 Å². The van der Waals surface area contributed by atoms with Gasteiger partial charge in [-0.2, -0.15) is 5.26 Å². The molecule has 0 saturated heterocycles. The van der Waals surface area contributed by atoms with Crippen LogP contribution in [0.5, 0.6) is 11.5 Å². The minimum absolute atomic E-state index is 0.554. The predicted octanol–water partition coefficient (Wildman–Crippen LogP) is 3.69. The van der Waals surface area contributed by atoms with Gasteiger partial charge in [-0.1, -0.05) is 18.2 Å². The maximum absolute atomic E-state index is 9.26. The van der Waals surface area contributed by atoms with Crippen molar-refractivity contribution in [2.45, 2.75) is 20.4 Å². The van der Waals surface area contributed by atoms with Gasteiger partial charge >= 0.3 is 0 Å². The fourth-order valence-electron chi connectivity index (χ4n) is 2.02. The molecule has 0 bridgehead atoms. The van der Waals surface area contributed by atoms with E-state index >= 15 is 0 Å². The summed E-state index contributed by atoms with van der Waals surface area (Å²) in [6.07, 6.45) is 0. The quantitative estimate of drug-likeness (QED) is 0.918. The lowest BCUT2D eigenvalue weighted by atomic mass is 10.1. The second-order valence-corrected chi connectivity index (χ2v) is 4.77. The molecule has 102 valence electrons. The number of hydrogen-bond donors (Lipinski definition) is 1. The van der Waals surface area contributed by atoms with Gasteiger partial charge in [-0.25, -0.2) is 0 Å². The average molecular weight is 266 g/mol. The molecular weight excluding hydrogens is 248 g/mol. The number of hydrogen-bond acceptors (Lipinski definition) is 3. The first-order valence-corrected chi connectivity index (χ1v) is 6.57. The fourth-order valence-corrected chi connectivity index (χ4v) is 2.02. The number of nitrogens with zero attached hydrogens (tertiary/aromatic N) is 1. The fraction of sp³-hybridized carbons (Fsp3) is 0.235. The molecule has 0 aromatic heterocycles. The third-order valence-corrected chi connectivity index (χ3v) is 3.32. The van der Waals surface area contributed by atoms with Crippen molar-refractivity contribution >= 4 is 0 Å². The van der Waals surface area contributed by atoms with Gasteiger partial charge in [-0.3, -0.25) is 0 Å². The molecule has 20 heavy (non-hydrogen) atoms. The Hall–Kier alpha value is -2.31. The Morgan fingerprint density at radius 2 is 1.95 bits per heavy atom. The summed E-state index contributed by atoms with van der Waals surface area (Å²) < 4.78 is 5.90. The first kappa shape index (κ1) is 14.1. The van der Waals surface area contributed by atoms with Crippen LogP contribution < -0.4 is 10.1 Å². The van der Waals surface area contributed by atoms with Crippen molar-refractivity contribution < 1.29 is 4.74 Å². The van der Waals surface area contributed by atoms with E-state index in [-0.39, 0.29) is 0 Å². The Kier molecular flexibility index (Phi) is 4.39. The SMILES string of the molecule is CNCc1ccc(Oc2cccc(C)c2C)c(C#N)c1. The van der Waals surface area contributed by atoms with Crippen LogP contribution in [0.4, 0.5) is 0 Å². The molecule has 2 aromatic rings. The van der Waals surface area contributed by atoms with Gasteiger partial charge in [0.05, 0.1) is 5.56 Å². The summed E-state index contributed by atoms with van der Waals surface area (Å²) in [6.45, 7) is 4.80. The molecular formula is C17H18N2O. The van der Waals surface area contributed by atoms with Crippen LogP contribution in [0, 0.1) is 25.2 Å². The molecule has 0 aliphatic rings. The molecule has 0 aliphatic heterocycles. The Morgan fingerprint density at radius 1 is 1.15 bits per heavy atom. The number of rotatable bonds is 4. The predicted molar refractivity (Wildman–Crippen MR) is 79.9 cm³/mol. The van der Waals surface area contributed by atoms with Gasteiger partial charge in [0, 0.05) is 6.54 Å². The Balaban J connectivity index is 2.34. The van der Waals surface area contributed by atoms with Crippen molar-refractivity contribution in [3.8, 4) is 17.6 Å². The van der Waals surface area contributed by atoms with Gasteiger partial charge in [0.15, 0.2) is 0 Å². The molecule has 0 unspecified atom stereocenters. The monoisotopic (exact) mass is 266 g/mol. The zero-order valence-electron chi connectivity index (χ0n) is 12.0. The van der Waals surface area contributed by atoms with Crippen LogP contribution in [0.3, 0.4) is 0 Å². The molecule has 2 rings (SSSR count). The second-order valence-electron chi connectivity index (χ2n) is 4.77. The van der Waals surface area contributed by atoms with E-state index in [4.69, 9.17) is 4.74 Å². The van der Waals surface area contributed by atoms with Crippen molar-refractivity contribution in [1.29, 1.82) is 5.26 Å². The van der Waals surface area contributed by atoms with E-state index in [0.717, 1.165) is 23.4 Å². The van der Waals surface area contributed by atoms with Crippen LogP contribution in [0.25, 0.3) is 0 Å². The highest BCUT2D eigenvalue weighted by Crippen LogP contribution is 2.29. The summed E-state index contributed by atoms with van der Waals surface area (Å²) in [6, 6.07) is 13.8.